The lowest BCUT2D eigenvalue weighted by Gasteiger charge is -2.06. The molecule has 0 bridgehead atoms. The van der Waals surface area contributed by atoms with E-state index < -0.39 is 0 Å². The first-order chi connectivity index (χ1) is 7.31. The predicted octanol–water partition coefficient (Wildman–Crippen LogP) is 2.67. The van der Waals surface area contributed by atoms with E-state index in [9.17, 15) is 5.11 Å². The van der Waals surface area contributed by atoms with Crippen molar-refractivity contribution in [2.75, 3.05) is 0 Å². The molecule has 78 valence electrons. The summed E-state index contributed by atoms with van der Waals surface area (Å²) in [7, 11) is 0. The number of imidazole rings is 1. The highest BCUT2D eigenvalue weighted by Gasteiger charge is 2.05. The molecule has 0 aliphatic heterocycles. The van der Waals surface area contributed by atoms with Crippen molar-refractivity contribution in [3.8, 4) is 17.1 Å². The Morgan fingerprint density at radius 1 is 1.40 bits per heavy atom. The van der Waals surface area contributed by atoms with Crippen LogP contribution in [0.5, 0.6) is 5.75 Å². The van der Waals surface area contributed by atoms with Gasteiger partial charge >= 0.3 is 0 Å². The van der Waals surface area contributed by atoms with Gasteiger partial charge in [0.2, 0.25) is 0 Å². The van der Waals surface area contributed by atoms with E-state index in [1.54, 1.807) is 18.3 Å². The number of aromatic hydroxyl groups is 1. The van der Waals surface area contributed by atoms with E-state index in [0.717, 1.165) is 24.4 Å². The molecule has 0 amide bonds. The fourth-order valence-corrected chi connectivity index (χ4v) is 1.64. The lowest BCUT2D eigenvalue weighted by Crippen LogP contribution is -1.97. The van der Waals surface area contributed by atoms with Gasteiger partial charge in [0, 0.05) is 24.5 Å². The lowest BCUT2D eigenvalue weighted by atomic mass is 10.2. The summed E-state index contributed by atoms with van der Waals surface area (Å²) in [4.78, 5) is 4.30. The van der Waals surface area contributed by atoms with Crippen LogP contribution in [-0.4, -0.2) is 14.7 Å². The Morgan fingerprint density at radius 2 is 2.27 bits per heavy atom. The van der Waals surface area contributed by atoms with Crippen molar-refractivity contribution < 1.29 is 5.11 Å². The van der Waals surface area contributed by atoms with Crippen molar-refractivity contribution in [1.29, 1.82) is 0 Å². The van der Waals surface area contributed by atoms with Crippen molar-refractivity contribution in [3.63, 3.8) is 0 Å². The average molecular weight is 202 g/mol. The fourth-order valence-electron chi connectivity index (χ4n) is 1.64. The molecule has 3 heteroatoms. The van der Waals surface area contributed by atoms with Crippen LogP contribution in [0.2, 0.25) is 0 Å². The summed E-state index contributed by atoms with van der Waals surface area (Å²) in [6.45, 7) is 3.08. The SMILES string of the molecule is CCCn1ccnc1-c1cccc(O)c1. The van der Waals surface area contributed by atoms with E-state index in [0.29, 0.717) is 0 Å². The maximum atomic E-state index is 9.40. The average Bonchev–Trinajstić information content (AvgIpc) is 2.66. The summed E-state index contributed by atoms with van der Waals surface area (Å²) in [6.07, 6.45) is 4.82. The monoisotopic (exact) mass is 202 g/mol. The first-order valence-electron chi connectivity index (χ1n) is 5.12. The van der Waals surface area contributed by atoms with Gasteiger partial charge in [0.25, 0.3) is 0 Å². The molecule has 3 nitrogen and oxygen atoms in total. The molecule has 0 radical (unpaired) electrons. The van der Waals surface area contributed by atoms with E-state index >= 15 is 0 Å². The normalized spacial score (nSPS) is 10.5. The second kappa shape index (κ2) is 4.17. The smallest absolute Gasteiger partial charge is 0.140 e. The van der Waals surface area contributed by atoms with Gasteiger partial charge < -0.3 is 9.67 Å². The Bertz CT molecular complexity index is 448. The van der Waals surface area contributed by atoms with Crippen LogP contribution in [-0.2, 0) is 6.54 Å². The molecule has 1 aromatic carbocycles. The van der Waals surface area contributed by atoms with Gasteiger partial charge in [-0.2, -0.15) is 0 Å². The molecular weight excluding hydrogens is 188 g/mol. The quantitative estimate of drug-likeness (QED) is 0.830. The van der Waals surface area contributed by atoms with Gasteiger partial charge in [-0.1, -0.05) is 19.1 Å². The maximum absolute atomic E-state index is 9.40. The molecule has 15 heavy (non-hydrogen) atoms. The zero-order chi connectivity index (χ0) is 10.7. The number of aryl methyl sites for hydroxylation is 1. The number of phenols is 1. The standard InChI is InChI=1S/C12H14N2O/c1-2-7-14-8-6-13-12(14)10-4-3-5-11(15)9-10/h3-6,8-9,15H,2,7H2,1H3. The molecule has 0 spiro atoms. The van der Waals surface area contributed by atoms with Gasteiger partial charge in [-0.3, -0.25) is 0 Å². The largest absolute Gasteiger partial charge is 0.508 e. The predicted molar refractivity (Wildman–Crippen MR) is 59.6 cm³/mol. The first kappa shape index (κ1) is 9.77. The number of benzene rings is 1. The van der Waals surface area contributed by atoms with Gasteiger partial charge in [0.1, 0.15) is 11.6 Å². The number of hydrogen-bond donors (Lipinski definition) is 1. The van der Waals surface area contributed by atoms with Crippen molar-refractivity contribution in [1.82, 2.24) is 9.55 Å². The van der Waals surface area contributed by atoms with E-state index in [-0.39, 0.29) is 5.75 Å². The number of rotatable bonds is 3. The van der Waals surface area contributed by atoms with Crippen LogP contribution >= 0.6 is 0 Å². The number of aromatic nitrogens is 2. The van der Waals surface area contributed by atoms with Gasteiger partial charge in [-0.15, -0.1) is 0 Å². The summed E-state index contributed by atoms with van der Waals surface area (Å²) in [5.74, 6) is 1.19. The summed E-state index contributed by atoms with van der Waals surface area (Å²) in [5, 5.41) is 9.40. The van der Waals surface area contributed by atoms with E-state index in [2.05, 4.69) is 16.5 Å². The van der Waals surface area contributed by atoms with Gasteiger partial charge in [-0.05, 0) is 18.6 Å². The summed E-state index contributed by atoms with van der Waals surface area (Å²) in [6, 6.07) is 7.18. The molecule has 0 aliphatic carbocycles. The summed E-state index contributed by atoms with van der Waals surface area (Å²) >= 11 is 0. The van der Waals surface area contributed by atoms with Crippen molar-refractivity contribution in [3.05, 3.63) is 36.7 Å². The highest BCUT2D eigenvalue weighted by molar-refractivity contribution is 5.57. The van der Waals surface area contributed by atoms with Crippen molar-refractivity contribution in [2.45, 2.75) is 19.9 Å². The van der Waals surface area contributed by atoms with Crippen LogP contribution < -0.4 is 0 Å². The summed E-state index contributed by atoms with van der Waals surface area (Å²) in [5.41, 5.74) is 0.952. The fraction of sp³-hybridized carbons (Fsp3) is 0.250. The molecule has 1 N–H and O–H groups in total. The molecule has 0 saturated heterocycles. The molecule has 1 aromatic heterocycles. The van der Waals surface area contributed by atoms with Crippen molar-refractivity contribution >= 4 is 0 Å². The van der Waals surface area contributed by atoms with E-state index in [1.165, 1.54) is 0 Å². The minimum absolute atomic E-state index is 0.276. The number of nitrogens with zero attached hydrogens (tertiary/aromatic N) is 2. The molecule has 1 heterocycles. The minimum atomic E-state index is 0.276. The number of phenolic OH excluding ortho intramolecular Hbond substituents is 1. The van der Waals surface area contributed by atoms with Crippen LogP contribution in [0.4, 0.5) is 0 Å². The lowest BCUT2D eigenvalue weighted by molar-refractivity contribution is 0.475. The molecule has 0 saturated carbocycles. The highest BCUT2D eigenvalue weighted by Crippen LogP contribution is 2.21. The molecule has 0 aliphatic rings. The van der Waals surface area contributed by atoms with Crippen LogP contribution in [0, 0.1) is 0 Å². The summed E-state index contributed by atoms with van der Waals surface area (Å²) < 4.78 is 2.09. The third-order valence-electron chi connectivity index (χ3n) is 2.28. The van der Waals surface area contributed by atoms with Crippen LogP contribution in [0.3, 0.4) is 0 Å². The van der Waals surface area contributed by atoms with Crippen molar-refractivity contribution in [2.24, 2.45) is 0 Å². The molecule has 2 rings (SSSR count). The highest BCUT2D eigenvalue weighted by atomic mass is 16.3. The molecular formula is C12H14N2O. The topological polar surface area (TPSA) is 38.0 Å². The Hall–Kier alpha value is -1.77. The van der Waals surface area contributed by atoms with E-state index in [1.807, 2.05) is 18.3 Å². The van der Waals surface area contributed by atoms with Crippen LogP contribution in [0.25, 0.3) is 11.4 Å². The second-order valence-electron chi connectivity index (χ2n) is 3.49. The molecule has 2 aromatic rings. The minimum Gasteiger partial charge on any atom is -0.508 e. The molecule has 0 fully saturated rings. The Morgan fingerprint density at radius 3 is 3.00 bits per heavy atom. The van der Waals surface area contributed by atoms with E-state index in [4.69, 9.17) is 0 Å². The van der Waals surface area contributed by atoms with Gasteiger partial charge in [-0.25, -0.2) is 4.98 Å². The Kier molecular flexibility index (Phi) is 2.72. The van der Waals surface area contributed by atoms with Crippen LogP contribution in [0.15, 0.2) is 36.7 Å². The Balaban J connectivity index is 2.40. The second-order valence-corrected chi connectivity index (χ2v) is 3.49. The maximum Gasteiger partial charge on any atom is 0.140 e. The third kappa shape index (κ3) is 2.01. The molecule has 0 unspecified atom stereocenters. The number of hydrogen-bond acceptors (Lipinski definition) is 2. The zero-order valence-corrected chi connectivity index (χ0v) is 8.72. The van der Waals surface area contributed by atoms with Gasteiger partial charge in [0.05, 0.1) is 0 Å². The molecule has 0 atom stereocenters. The van der Waals surface area contributed by atoms with Gasteiger partial charge in [0.15, 0.2) is 0 Å². The Labute approximate surface area is 89.0 Å². The third-order valence-corrected chi connectivity index (χ3v) is 2.28. The van der Waals surface area contributed by atoms with Crippen LogP contribution in [0.1, 0.15) is 13.3 Å². The zero-order valence-electron chi connectivity index (χ0n) is 8.72. The first-order valence-corrected chi connectivity index (χ1v) is 5.12.